The number of urea groups is 1. The zero-order valence-electron chi connectivity index (χ0n) is 16.9. The molecular weight excluding hydrogens is 485 g/mol. The number of rotatable bonds is 5. The Bertz CT molecular complexity index is 764. The van der Waals surface area contributed by atoms with Gasteiger partial charge in [0.25, 0.3) is 5.91 Å². The highest BCUT2D eigenvalue weighted by molar-refractivity contribution is 14.0. The van der Waals surface area contributed by atoms with Crippen LogP contribution in [0.15, 0.2) is 29.3 Å². The van der Waals surface area contributed by atoms with Gasteiger partial charge in [0.15, 0.2) is 5.96 Å². The lowest BCUT2D eigenvalue weighted by Crippen LogP contribution is -2.55. The minimum Gasteiger partial charge on any atom is -0.392 e. The maximum Gasteiger partial charge on any atom is 0.322 e. The van der Waals surface area contributed by atoms with Gasteiger partial charge in [-0.25, -0.2) is 9.79 Å². The van der Waals surface area contributed by atoms with E-state index in [9.17, 15) is 14.7 Å². The number of nitrogens with one attached hydrogen (secondary N) is 3. The molecule has 2 heterocycles. The lowest BCUT2D eigenvalue weighted by molar-refractivity contribution is -0.125. The molecule has 1 aromatic rings. The highest BCUT2D eigenvalue weighted by Gasteiger charge is 2.48. The van der Waals surface area contributed by atoms with Gasteiger partial charge < -0.3 is 20.6 Å². The number of halogens is 1. The Kier molecular flexibility index (Phi) is 8.26. The lowest BCUT2D eigenvalue weighted by Gasteiger charge is -2.39. The van der Waals surface area contributed by atoms with E-state index < -0.39 is 11.6 Å². The number of nitrogens with zero attached hydrogens (tertiary/aromatic N) is 2. The molecule has 0 radical (unpaired) electrons. The fourth-order valence-electron chi connectivity index (χ4n) is 3.93. The Morgan fingerprint density at radius 1 is 1.31 bits per heavy atom. The van der Waals surface area contributed by atoms with Crippen molar-refractivity contribution in [3.63, 3.8) is 0 Å². The first kappa shape index (κ1) is 23.4. The van der Waals surface area contributed by atoms with Crippen LogP contribution >= 0.6 is 24.0 Å². The number of imide groups is 1. The monoisotopic (exact) mass is 515 g/mol. The second-order valence-corrected chi connectivity index (χ2v) is 7.52. The molecule has 4 N–H and O–H groups in total. The number of hydrogen-bond donors (Lipinski definition) is 4. The number of aliphatic imine (C=N–C) groups is 1. The van der Waals surface area contributed by atoms with Crippen molar-refractivity contribution < 1.29 is 14.7 Å². The van der Waals surface area contributed by atoms with Crippen molar-refractivity contribution in [2.24, 2.45) is 10.9 Å². The molecule has 29 heavy (non-hydrogen) atoms. The average molecular weight is 515 g/mol. The van der Waals surface area contributed by atoms with Crippen LogP contribution in [-0.2, 0) is 17.9 Å². The van der Waals surface area contributed by atoms with Gasteiger partial charge in [-0.3, -0.25) is 10.1 Å². The molecule has 9 heteroatoms. The zero-order chi connectivity index (χ0) is 20.1. The lowest BCUT2D eigenvalue weighted by atomic mass is 9.79. The number of aliphatic hydroxyl groups is 1. The highest BCUT2D eigenvalue weighted by atomic mass is 127. The number of guanidine groups is 1. The summed E-state index contributed by atoms with van der Waals surface area (Å²) in [6.45, 7) is 6.71. The van der Waals surface area contributed by atoms with E-state index >= 15 is 0 Å². The second kappa shape index (κ2) is 10.2. The summed E-state index contributed by atoms with van der Waals surface area (Å²) in [6, 6.07) is 7.37. The van der Waals surface area contributed by atoms with Gasteiger partial charge in [0, 0.05) is 19.6 Å². The van der Waals surface area contributed by atoms with Gasteiger partial charge in [0.05, 0.1) is 13.2 Å². The average Bonchev–Trinajstić information content (AvgIpc) is 2.98. The Balaban J connectivity index is 0.00000300. The molecule has 0 aliphatic carbocycles. The molecule has 160 valence electrons. The van der Waals surface area contributed by atoms with E-state index in [-0.39, 0.29) is 42.4 Å². The number of likely N-dealkylation sites (tertiary alicyclic amines) is 1. The summed E-state index contributed by atoms with van der Waals surface area (Å²) < 4.78 is 0. The summed E-state index contributed by atoms with van der Waals surface area (Å²) in [4.78, 5) is 30.7. The third kappa shape index (κ3) is 5.39. The third-order valence-corrected chi connectivity index (χ3v) is 5.60. The number of amides is 3. The van der Waals surface area contributed by atoms with Crippen molar-refractivity contribution in [3.05, 3.63) is 35.4 Å². The molecule has 2 aliphatic rings. The summed E-state index contributed by atoms with van der Waals surface area (Å²) in [6.07, 6.45) is 1.60. The molecule has 2 fully saturated rings. The second-order valence-electron chi connectivity index (χ2n) is 7.52. The van der Waals surface area contributed by atoms with Crippen LogP contribution in [-0.4, -0.2) is 53.1 Å². The number of piperidine rings is 1. The molecule has 3 rings (SSSR count). The standard InChI is InChI=1S/C20H29N5O3.HI/c1-3-21-18(22-12-14-5-4-6-15(11-14)13-26)25-9-7-16(8-10-25)20(2)17(27)23-19(28)24-20;/h4-6,11,16,26H,3,7-10,12-13H2,1-2H3,(H,21,22)(H2,23,24,27,28);1H. The third-order valence-electron chi connectivity index (χ3n) is 5.60. The van der Waals surface area contributed by atoms with Gasteiger partial charge in [-0.15, -0.1) is 24.0 Å². The quantitative estimate of drug-likeness (QED) is 0.206. The SMILES string of the molecule is CCNC(=NCc1cccc(CO)c1)N1CCC(C2(C)NC(=O)NC2=O)CC1.I. The van der Waals surface area contributed by atoms with Gasteiger partial charge in [0.1, 0.15) is 5.54 Å². The van der Waals surface area contributed by atoms with Crippen molar-refractivity contribution in [1.82, 2.24) is 20.9 Å². The summed E-state index contributed by atoms with van der Waals surface area (Å²) >= 11 is 0. The van der Waals surface area contributed by atoms with Crippen LogP contribution in [0.5, 0.6) is 0 Å². The van der Waals surface area contributed by atoms with E-state index in [2.05, 4.69) is 20.9 Å². The van der Waals surface area contributed by atoms with Crippen LogP contribution in [0.25, 0.3) is 0 Å². The molecule has 0 saturated carbocycles. The topological polar surface area (TPSA) is 106 Å². The number of aliphatic hydroxyl groups excluding tert-OH is 1. The Morgan fingerprint density at radius 3 is 2.59 bits per heavy atom. The van der Waals surface area contributed by atoms with Crippen molar-refractivity contribution in [2.45, 2.75) is 45.4 Å². The number of benzene rings is 1. The molecule has 1 atom stereocenters. The molecule has 1 unspecified atom stereocenters. The number of hydrogen-bond acceptors (Lipinski definition) is 4. The highest BCUT2D eigenvalue weighted by Crippen LogP contribution is 2.30. The minimum atomic E-state index is -0.830. The fraction of sp³-hybridized carbons (Fsp3) is 0.550. The van der Waals surface area contributed by atoms with Crippen LogP contribution in [0.1, 0.15) is 37.8 Å². The molecule has 1 aromatic carbocycles. The van der Waals surface area contributed by atoms with Crippen LogP contribution in [0.4, 0.5) is 4.79 Å². The maximum absolute atomic E-state index is 12.2. The molecular formula is C20H30IN5O3. The summed E-state index contributed by atoms with van der Waals surface area (Å²) in [5, 5.41) is 17.8. The van der Waals surface area contributed by atoms with Gasteiger partial charge in [0.2, 0.25) is 0 Å². The Hall–Kier alpha value is -1.88. The summed E-state index contributed by atoms with van der Waals surface area (Å²) in [5.74, 6) is 0.708. The van der Waals surface area contributed by atoms with Crippen molar-refractivity contribution in [1.29, 1.82) is 0 Å². The van der Waals surface area contributed by atoms with Crippen LogP contribution in [0, 0.1) is 5.92 Å². The first-order valence-corrected chi connectivity index (χ1v) is 9.81. The van der Waals surface area contributed by atoms with Crippen molar-refractivity contribution in [2.75, 3.05) is 19.6 Å². The van der Waals surface area contributed by atoms with Crippen molar-refractivity contribution >= 4 is 41.9 Å². The van der Waals surface area contributed by atoms with E-state index in [4.69, 9.17) is 4.99 Å². The van der Waals surface area contributed by atoms with Crippen LogP contribution in [0.2, 0.25) is 0 Å². The molecule has 3 amide bonds. The number of carbonyl (C=O) groups is 2. The summed E-state index contributed by atoms with van der Waals surface area (Å²) in [5.41, 5.74) is 1.10. The van der Waals surface area contributed by atoms with E-state index in [1.165, 1.54) is 0 Å². The minimum absolute atomic E-state index is 0. The summed E-state index contributed by atoms with van der Waals surface area (Å²) in [7, 11) is 0. The first-order valence-electron chi connectivity index (χ1n) is 9.81. The van der Waals surface area contributed by atoms with Gasteiger partial charge >= 0.3 is 6.03 Å². The van der Waals surface area contributed by atoms with Gasteiger partial charge in [-0.1, -0.05) is 24.3 Å². The van der Waals surface area contributed by atoms with E-state index in [0.717, 1.165) is 49.6 Å². The maximum atomic E-state index is 12.2. The first-order chi connectivity index (χ1) is 13.5. The molecule has 0 aromatic heterocycles. The van der Waals surface area contributed by atoms with Crippen LogP contribution in [0.3, 0.4) is 0 Å². The Labute approximate surface area is 188 Å². The smallest absolute Gasteiger partial charge is 0.322 e. The molecule has 2 aliphatic heterocycles. The fourth-order valence-corrected chi connectivity index (χ4v) is 3.93. The molecule has 0 spiro atoms. The normalized spacial score (nSPS) is 22.7. The predicted molar refractivity (Wildman–Crippen MR) is 122 cm³/mol. The Morgan fingerprint density at radius 2 is 2.00 bits per heavy atom. The zero-order valence-corrected chi connectivity index (χ0v) is 19.2. The van der Waals surface area contributed by atoms with E-state index in [1.54, 1.807) is 6.92 Å². The molecule has 0 bridgehead atoms. The van der Waals surface area contributed by atoms with Gasteiger partial charge in [-0.05, 0) is 43.7 Å². The van der Waals surface area contributed by atoms with E-state index in [1.807, 2.05) is 31.2 Å². The van der Waals surface area contributed by atoms with Crippen molar-refractivity contribution in [3.8, 4) is 0 Å². The number of carbonyl (C=O) groups excluding carboxylic acids is 2. The van der Waals surface area contributed by atoms with E-state index in [0.29, 0.717) is 6.54 Å². The molecule has 8 nitrogen and oxygen atoms in total. The largest absolute Gasteiger partial charge is 0.392 e. The van der Waals surface area contributed by atoms with Crippen LogP contribution < -0.4 is 16.0 Å². The predicted octanol–water partition coefficient (Wildman–Crippen LogP) is 1.57. The van der Waals surface area contributed by atoms with Gasteiger partial charge in [-0.2, -0.15) is 0 Å². The molecule has 2 saturated heterocycles.